The van der Waals surface area contributed by atoms with Gasteiger partial charge in [0.05, 0.1) is 10.8 Å². The van der Waals surface area contributed by atoms with E-state index in [1.54, 1.807) is 0 Å². The fourth-order valence-corrected chi connectivity index (χ4v) is 3.36. The minimum atomic E-state index is -0.522. The Labute approximate surface area is 152 Å². The zero-order valence-corrected chi connectivity index (χ0v) is 16.1. The molecule has 2 amide bonds. The number of aryl methyl sites for hydroxylation is 2. The molecule has 0 atom stereocenters. The number of carbonyl (C=O) groups excluding carboxylic acids is 3. The van der Waals surface area contributed by atoms with E-state index >= 15 is 0 Å². The molecule has 1 aliphatic rings. The Hall–Kier alpha value is -2.08. The molecule has 0 aromatic heterocycles. The first-order valence-corrected chi connectivity index (χ1v) is 9.12. The largest absolute Gasteiger partial charge is 0.325 e. The smallest absolute Gasteiger partial charge is 0.244 e. The van der Waals surface area contributed by atoms with Crippen LogP contribution in [0.25, 0.3) is 0 Å². The number of anilines is 1. The van der Waals surface area contributed by atoms with Gasteiger partial charge < -0.3 is 5.32 Å². The summed E-state index contributed by atoms with van der Waals surface area (Å²) in [6.45, 7) is 9.30. The third-order valence-corrected chi connectivity index (χ3v) is 4.74. The molecule has 0 bridgehead atoms. The normalized spacial score (nSPS) is 16.4. The second kappa shape index (κ2) is 7.44. The predicted octanol–water partition coefficient (Wildman–Crippen LogP) is 3.27. The molecule has 1 fully saturated rings. The van der Waals surface area contributed by atoms with Gasteiger partial charge in [0.15, 0.2) is 5.78 Å². The number of amides is 2. The fourth-order valence-electron chi connectivity index (χ4n) is 2.42. The van der Waals surface area contributed by atoms with E-state index in [0.29, 0.717) is 10.7 Å². The maximum absolute atomic E-state index is 12.3. The summed E-state index contributed by atoms with van der Waals surface area (Å²) in [4.78, 5) is 38.0. The van der Waals surface area contributed by atoms with Crippen LogP contribution in [0, 0.1) is 19.3 Å². The molecule has 1 aromatic carbocycles. The van der Waals surface area contributed by atoms with Crippen molar-refractivity contribution in [3.8, 4) is 0 Å². The third-order valence-electron chi connectivity index (χ3n) is 3.71. The summed E-state index contributed by atoms with van der Waals surface area (Å²) in [5, 5.41) is 3.36. The number of nitrogens with zero attached hydrogens (tertiary/aromatic N) is 1. The van der Waals surface area contributed by atoms with Crippen molar-refractivity contribution in [2.75, 3.05) is 17.6 Å². The highest BCUT2D eigenvalue weighted by Crippen LogP contribution is 2.30. The minimum Gasteiger partial charge on any atom is -0.325 e. The van der Waals surface area contributed by atoms with Crippen LogP contribution in [0.5, 0.6) is 0 Å². The molecule has 134 valence electrons. The highest BCUT2D eigenvalue weighted by Gasteiger charge is 2.30. The van der Waals surface area contributed by atoms with Crippen LogP contribution in [-0.4, -0.2) is 34.8 Å². The van der Waals surface area contributed by atoms with Gasteiger partial charge in [-0.1, -0.05) is 38.6 Å². The van der Waals surface area contributed by atoms with E-state index < -0.39 is 5.41 Å². The van der Waals surface area contributed by atoms with E-state index in [1.807, 2.05) is 52.8 Å². The Morgan fingerprint density at radius 3 is 2.36 bits per heavy atom. The van der Waals surface area contributed by atoms with E-state index in [-0.39, 0.29) is 29.9 Å². The first kappa shape index (κ1) is 19.2. The Balaban J connectivity index is 2.10. The van der Waals surface area contributed by atoms with Crippen molar-refractivity contribution >= 4 is 35.0 Å². The molecule has 6 heteroatoms. The number of hydrogen-bond acceptors (Lipinski definition) is 4. The van der Waals surface area contributed by atoms with Gasteiger partial charge in [0, 0.05) is 17.2 Å². The van der Waals surface area contributed by atoms with Gasteiger partial charge in [-0.25, -0.2) is 0 Å². The molecule has 2 rings (SSSR count). The number of thioether (sulfide) groups is 1. The van der Waals surface area contributed by atoms with Crippen molar-refractivity contribution in [3.63, 3.8) is 0 Å². The summed E-state index contributed by atoms with van der Waals surface area (Å²) in [5.74, 6) is -0.256. The summed E-state index contributed by atoms with van der Waals surface area (Å²) in [6, 6.07) is 5.78. The summed E-state index contributed by atoms with van der Waals surface area (Å²) in [6.07, 6.45) is 1.47. The molecule has 1 aliphatic heterocycles. The standard InChI is InChI=1S/C19H24N2O3S/c1-12-6-13(2)8-14(7-12)20-16(23)10-21-17(24)11-25-18(21)9-15(22)19(3,4)5/h6-9H,10-11H2,1-5H3,(H,20,23)/b18-9-. The van der Waals surface area contributed by atoms with Crippen LogP contribution in [0.2, 0.25) is 0 Å². The van der Waals surface area contributed by atoms with Crippen LogP contribution >= 0.6 is 11.8 Å². The average Bonchev–Trinajstić information content (AvgIpc) is 2.78. The van der Waals surface area contributed by atoms with E-state index in [1.165, 1.54) is 22.7 Å². The van der Waals surface area contributed by atoms with Crippen molar-refractivity contribution in [1.29, 1.82) is 0 Å². The van der Waals surface area contributed by atoms with E-state index in [2.05, 4.69) is 5.32 Å². The predicted molar refractivity (Wildman–Crippen MR) is 101 cm³/mol. The molecule has 1 heterocycles. The number of carbonyl (C=O) groups is 3. The quantitative estimate of drug-likeness (QED) is 0.837. The van der Waals surface area contributed by atoms with E-state index in [4.69, 9.17) is 0 Å². The Kier molecular flexibility index (Phi) is 5.72. The first-order chi connectivity index (χ1) is 11.6. The van der Waals surface area contributed by atoms with Gasteiger partial charge in [0.25, 0.3) is 0 Å². The Bertz CT molecular complexity index is 727. The number of hydrogen-bond donors (Lipinski definition) is 1. The second-order valence-electron chi connectivity index (χ2n) is 7.29. The molecule has 0 saturated carbocycles. The Morgan fingerprint density at radius 2 is 1.80 bits per heavy atom. The SMILES string of the molecule is Cc1cc(C)cc(NC(=O)CN2C(=O)CS/C2=C\C(=O)C(C)(C)C)c1. The van der Waals surface area contributed by atoms with E-state index in [0.717, 1.165) is 11.1 Å². The fraction of sp³-hybridized carbons (Fsp3) is 0.421. The minimum absolute atomic E-state index is 0.0654. The van der Waals surface area contributed by atoms with Crippen molar-refractivity contribution < 1.29 is 14.4 Å². The van der Waals surface area contributed by atoms with Gasteiger partial charge >= 0.3 is 0 Å². The van der Waals surface area contributed by atoms with Gasteiger partial charge in [-0.2, -0.15) is 0 Å². The van der Waals surface area contributed by atoms with Gasteiger partial charge in [-0.3, -0.25) is 19.3 Å². The molecule has 5 nitrogen and oxygen atoms in total. The van der Waals surface area contributed by atoms with Crippen LogP contribution in [0.3, 0.4) is 0 Å². The zero-order chi connectivity index (χ0) is 18.8. The number of allylic oxidation sites excluding steroid dienone is 1. The molecule has 0 radical (unpaired) electrons. The average molecular weight is 360 g/mol. The number of ketones is 1. The lowest BCUT2D eigenvalue weighted by Crippen LogP contribution is -2.34. The lowest BCUT2D eigenvalue weighted by atomic mass is 9.91. The molecule has 0 spiro atoms. The zero-order valence-electron chi connectivity index (χ0n) is 15.3. The van der Waals surface area contributed by atoms with Crippen LogP contribution < -0.4 is 5.32 Å². The summed E-state index contributed by atoms with van der Waals surface area (Å²) < 4.78 is 0. The molecule has 0 unspecified atom stereocenters. The van der Waals surface area contributed by atoms with Gasteiger partial charge in [0.1, 0.15) is 6.54 Å². The van der Waals surface area contributed by atoms with Gasteiger partial charge in [-0.05, 0) is 37.1 Å². The lowest BCUT2D eigenvalue weighted by molar-refractivity contribution is -0.129. The van der Waals surface area contributed by atoms with Crippen LogP contribution in [-0.2, 0) is 14.4 Å². The molecule has 1 saturated heterocycles. The van der Waals surface area contributed by atoms with E-state index in [9.17, 15) is 14.4 Å². The van der Waals surface area contributed by atoms with Gasteiger partial charge in [0.2, 0.25) is 11.8 Å². The Morgan fingerprint density at radius 1 is 1.20 bits per heavy atom. The topological polar surface area (TPSA) is 66.5 Å². The van der Waals surface area contributed by atoms with Crippen LogP contribution in [0.4, 0.5) is 5.69 Å². The van der Waals surface area contributed by atoms with Crippen LogP contribution in [0.1, 0.15) is 31.9 Å². The summed E-state index contributed by atoms with van der Waals surface area (Å²) in [7, 11) is 0. The third kappa shape index (κ3) is 5.19. The molecular formula is C19H24N2O3S. The van der Waals surface area contributed by atoms with Crippen molar-refractivity contribution in [3.05, 3.63) is 40.4 Å². The van der Waals surface area contributed by atoms with Crippen molar-refractivity contribution in [1.82, 2.24) is 4.90 Å². The highest BCUT2D eigenvalue weighted by molar-refractivity contribution is 8.04. The molecule has 1 N–H and O–H groups in total. The second-order valence-corrected chi connectivity index (χ2v) is 8.29. The first-order valence-electron chi connectivity index (χ1n) is 8.14. The van der Waals surface area contributed by atoms with Crippen molar-refractivity contribution in [2.24, 2.45) is 5.41 Å². The molecule has 25 heavy (non-hydrogen) atoms. The molecular weight excluding hydrogens is 336 g/mol. The number of nitrogens with one attached hydrogen (secondary N) is 1. The number of benzene rings is 1. The summed E-state index contributed by atoms with van der Waals surface area (Å²) in [5.41, 5.74) is 2.30. The maximum atomic E-state index is 12.3. The van der Waals surface area contributed by atoms with Crippen LogP contribution in [0.15, 0.2) is 29.3 Å². The summed E-state index contributed by atoms with van der Waals surface area (Å²) >= 11 is 1.29. The van der Waals surface area contributed by atoms with Crippen molar-refractivity contribution in [2.45, 2.75) is 34.6 Å². The molecule has 0 aliphatic carbocycles. The lowest BCUT2D eigenvalue weighted by Gasteiger charge is -2.19. The van der Waals surface area contributed by atoms with Gasteiger partial charge in [-0.15, -0.1) is 0 Å². The maximum Gasteiger partial charge on any atom is 0.244 e. The highest BCUT2D eigenvalue weighted by atomic mass is 32.2. The molecule has 1 aromatic rings. The monoisotopic (exact) mass is 360 g/mol. The number of rotatable bonds is 4.